The maximum Gasteiger partial charge on any atom is 0.263 e. The highest BCUT2D eigenvalue weighted by Crippen LogP contribution is 2.28. The Bertz CT molecular complexity index is 605. The zero-order chi connectivity index (χ0) is 14.8. The second-order valence-corrected chi connectivity index (χ2v) is 6.71. The first-order chi connectivity index (χ1) is 10.2. The van der Waals surface area contributed by atoms with Crippen LogP contribution in [0.3, 0.4) is 0 Å². The topological polar surface area (TPSA) is 51.0 Å². The molecular weight excluding hydrogens is 284 g/mol. The van der Waals surface area contributed by atoms with Gasteiger partial charge in [0.05, 0.1) is 4.88 Å². The van der Waals surface area contributed by atoms with E-state index in [1.54, 1.807) is 6.33 Å². The Morgan fingerprint density at radius 3 is 3.05 bits per heavy atom. The number of thiophene rings is 1. The van der Waals surface area contributed by atoms with Gasteiger partial charge in [-0.05, 0) is 38.1 Å². The first kappa shape index (κ1) is 14.3. The number of amides is 1. The number of hydrogen-bond acceptors (Lipinski definition) is 4. The minimum Gasteiger partial charge on any atom is -0.337 e. The van der Waals surface area contributed by atoms with E-state index in [1.807, 2.05) is 22.4 Å². The smallest absolute Gasteiger partial charge is 0.263 e. The Balaban J connectivity index is 1.77. The second kappa shape index (κ2) is 5.97. The molecule has 1 fully saturated rings. The number of carbonyl (C=O) groups excluding carboxylic acids is 1. The third-order valence-electron chi connectivity index (χ3n) is 3.96. The van der Waals surface area contributed by atoms with E-state index in [-0.39, 0.29) is 11.8 Å². The standard InChI is InChI=1S/C15H20N4OS/c1-11(2)19-10-16-17-14(19)12-5-3-7-18(9-12)15(20)13-6-4-8-21-13/h4,6,8,10-12H,3,5,7,9H2,1-2H3/t12-/m1/s1. The maximum absolute atomic E-state index is 12.5. The van der Waals surface area contributed by atoms with E-state index in [1.165, 1.54) is 11.3 Å². The summed E-state index contributed by atoms with van der Waals surface area (Å²) in [5.41, 5.74) is 0. The van der Waals surface area contributed by atoms with Crippen molar-refractivity contribution in [2.75, 3.05) is 13.1 Å². The van der Waals surface area contributed by atoms with E-state index in [2.05, 4.69) is 28.6 Å². The van der Waals surface area contributed by atoms with Crippen molar-refractivity contribution in [2.24, 2.45) is 0 Å². The van der Waals surface area contributed by atoms with Crippen LogP contribution in [0.25, 0.3) is 0 Å². The molecule has 1 aliphatic heterocycles. The van der Waals surface area contributed by atoms with Crippen molar-refractivity contribution in [3.05, 3.63) is 34.5 Å². The maximum atomic E-state index is 12.5. The summed E-state index contributed by atoms with van der Waals surface area (Å²) in [6.07, 6.45) is 3.88. The summed E-state index contributed by atoms with van der Waals surface area (Å²) in [4.78, 5) is 15.3. The highest BCUT2D eigenvalue weighted by atomic mass is 32.1. The zero-order valence-corrected chi connectivity index (χ0v) is 13.2. The van der Waals surface area contributed by atoms with Crippen LogP contribution in [0, 0.1) is 0 Å². The summed E-state index contributed by atoms with van der Waals surface area (Å²) >= 11 is 1.51. The normalized spacial score (nSPS) is 19.2. The van der Waals surface area contributed by atoms with E-state index in [4.69, 9.17) is 0 Å². The van der Waals surface area contributed by atoms with E-state index < -0.39 is 0 Å². The van der Waals surface area contributed by atoms with Crippen LogP contribution in [-0.2, 0) is 0 Å². The van der Waals surface area contributed by atoms with Gasteiger partial charge in [-0.1, -0.05) is 6.07 Å². The molecule has 1 saturated heterocycles. The van der Waals surface area contributed by atoms with Crippen LogP contribution in [0.5, 0.6) is 0 Å². The number of likely N-dealkylation sites (tertiary alicyclic amines) is 1. The van der Waals surface area contributed by atoms with Gasteiger partial charge in [-0.15, -0.1) is 21.5 Å². The minimum absolute atomic E-state index is 0.144. The molecule has 6 heteroatoms. The number of rotatable bonds is 3. The molecule has 0 unspecified atom stereocenters. The third kappa shape index (κ3) is 2.85. The number of nitrogens with zero attached hydrogens (tertiary/aromatic N) is 4. The Kier molecular flexibility index (Phi) is 4.05. The molecule has 3 rings (SSSR count). The fourth-order valence-electron chi connectivity index (χ4n) is 2.87. The van der Waals surface area contributed by atoms with Gasteiger partial charge in [0.25, 0.3) is 5.91 Å². The molecule has 0 aromatic carbocycles. The van der Waals surface area contributed by atoms with Crippen LogP contribution in [-0.4, -0.2) is 38.7 Å². The SMILES string of the molecule is CC(C)n1cnnc1[C@@H]1CCCN(C(=O)c2cccs2)C1. The largest absolute Gasteiger partial charge is 0.337 e. The van der Waals surface area contributed by atoms with Gasteiger partial charge in [-0.25, -0.2) is 0 Å². The van der Waals surface area contributed by atoms with Gasteiger partial charge in [-0.2, -0.15) is 0 Å². The van der Waals surface area contributed by atoms with Crippen LogP contribution in [0.2, 0.25) is 0 Å². The second-order valence-electron chi connectivity index (χ2n) is 5.76. The molecule has 2 aromatic heterocycles. The molecule has 0 aliphatic carbocycles. The molecule has 1 atom stereocenters. The van der Waals surface area contributed by atoms with Crippen LogP contribution in [0.1, 0.15) is 54.1 Å². The predicted octanol–water partition coefficient (Wildman–Crippen LogP) is 2.94. The molecule has 0 spiro atoms. The van der Waals surface area contributed by atoms with Gasteiger partial charge in [0.2, 0.25) is 0 Å². The van der Waals surface area contributed by atoms with E-state index in [0.717, 1.165) is 36.6 Å². The van der Waals surface area contributed by atoms with Gasteiger partial charge in [-0.3, -0.25) is 4.79 Å². The summed E-state index contributed by atoms with van der Waals surface area (Å²) in [6, 6.07) is 4.17. The average Bonchev–Trinajstić information content (AvgIpc) is 3.17. The molecule has 1 aliphatic rings. The van der Waals surface area contributed by atoms with E-state index in [9.17, 15) is 4.79 Å². The van der Waals surface area contributed by atoms with Gasteiger partial charge < -0.3 is 9.47 Å². The van der Waals surface area contributed by atoms with Gasteiger partial charge in [0.15, 0.2) is 0 Å². The number of hydrogen-bond donors (Lipinski definition) is 0. The van der Waals surface area contributed by atoms with Crippen molar-refractivity contribution in [1.29, 1.82) is 0 Å². The van der Waals surface area contributed by atoms with Crippen LogP contribution >= 0.6 is 11.3 Å². The lowest BCUT2D eigenvalue weighted by Gasteiger charge is -2.32. The van der Waals surface area contributed by atoms with Crippen molar-refractivity contribution in [3.63, 3.8) is 0 Å². The number of aromatic nitrogens is 3. The summed E-state index contributed by atoms with van der Waals surface area (Å²) < 4.78 is 2.11. The Morgan fingerprint density at radius 1 is 1.48 bits per heavy atom. The van der Waals surface area contributed by atoms with Crippen molar-refractivity contribution in [3.8, 4) is 0 Å². The first-order valence-corrected chi connectivity index (χ1v) is 8.27. The molecule has 3 heterocycles. The van der Waals surface area contributed by atoms with Crippen molar-refractivity contribution in [2.45, 2.75) is 38.6 Å². The van der Waals surface area contributed by atoms with Gasteiger partial charge in [0.1, 0.15) is 12.2 Å². The summed E-state index contributed by atoms with van der Waals surface area (Å²) in [5.74, 6) is 1.44. The monoisotopic (exact) mass is 304 g/mol. The molecule has 0 bridgehead atoms. The van der Waals surface area contributed by atoms with Crippen LogP contribution in [0.15, 0.2) is 23.8 Å². The lowest BCUT2D eigenvalue weighted by atomic mass is 9.96. The van der Waals surface area contributed by atoms with E-state index in [0.29, 0.717) is 6.04 Å². The molecule has 21 heavy (non-hydrogen) atoms. The molecule has 0 saturated carbocycles. The van der Waals surface area contributed by atoms with Crippen molar-refractivity contribution >= 4 is 17.2 Å². The van der Waals surface area contributed by atoms with Crippen LogP contribution < -0.4 is 0 Å². The van der Waals surface area contributed by atoms with Crippen molar-refractivity contribution in [1.82, 2.24) is 19.7 Å². The quantitative estimate of drug-likeness (QED) is 0.876. The average molecular weight is 304 g/mol. The summed E-state index contributed by atoms with van der Waals surface area (Å²) in [7, 11) is 0. The van der Waals surface area contributed by atoms with Crippen LogP contribution in [0.4, 0.5) is 0 Å². The summed E-state index contributed by atoms with van der Waals surface area (Å²) in [6.45, 7) is 5.83. The van der Waals surface area contributed by atoms with Gasteiger partial charge >= 0.3 is 0 Å². The molecule has 112 valence electrons. The fourth-order valence-corrected chi connectivity index (χ4v) is 3.56. The lowest BCUT2D eigenvalue weighted by Crippen LogP contribution is -2.39. The highest BCUT2D eigenvalue weighted by molar-refractivity contribution is 7.12. The third-order valence-corrected chi connectivity index (χ3v) is 4.82. The minimum atomic E-state index is 0.144. The zero-order valence-electron chi connectivity index (χ0n) is 12.4. The molecule has 0 radical (unpaired) electrons. The summed E-state index contributed by atoms with van der Waals surface area (Å²) in [5, 5.41) is 10.3. The first-order valence-electron chi connectivity index (χ1n) is 7.39. The van der Waals surface area contributed by atoms with E-state index >= 15 is 0 Å². The molecule has 1 amide bonds. The Morgan fingerprint density at radius 2 is 2.33 bits per heavy atom. The molecule has 5 nitrogen and oxygen atoms in total. The molecular formula is C15H20N4OS. The molecule has 0 N–H and O–H groups in total. The lowest BCUT2D eigenvalue weighted by molar-refractivity contribution is 0.0708. The predicted molar refractivity (Wildman–Crippen MR) is 82.6 cm³/mol. The van der Waals surface area contributed by atoms with Gasteiger partial charge in [0, 0.05) is 25.0 Å². The number of piperidine rings is 1. The Labute approximate surface area is 128 Å². The highest BCUT2D eigenvalue weighted by Gasteiger charge is 2.29. The van der Waals surface area contributed by atoms with Crippen molar-refractivity contribution < 1.29 is 4.79 Å². The molecule has 2 aromatic rings. The Hall–Kier alpha value is -1.69. The number of carbonyl (C=O) groups is 1. The fraction of sp³-hybridized carbons (Fsp3) is 0.533.